The van der Waals surface area contributed by atoms with Crippen molar-refractivity contribution in [1.29, 1.82) is 0 Å². The molecule has 2 rings (SSSR count). The fourth-order valence-corrected chi connectivity index (χ4v) is 2.55. The third-order valence-corrected chi connectivity index (χ3v) is 3.55. The molecule has 0 radical (unpaired) electrons. The summed E-state index contributed by atoms with van der Waals surface area (Å²) in [5, 5.41) is 4.81. The summed E-state index contributed by atoms with van der Waals surface area (Å²) >= 11 is 1.24. The van der Waals surface area contributed by atoms with Crippen molar-refractivity contribution in [3.63, 3.8) is 0 Å². The number of hydrogen-bond donors (Lipinski definition) is 3. The second kappa shape index (κ2) is 8.06. The van der Waals surface area contributed by atoms with E-state index < -0.39 is 5.97 Å². The summed E-state index contributed by atoms with van der Waals surface area (Å²) in [5.41, 5.74) is 12.0. The molecule has 1 amide bonds. The minimum absolute atomic E-state index is 0.0696. The molecule has 1 heterocycles. The first-order chi connectivity index (χ1) is 11.5. The van der Waals surface area contributed by atoms with Gasteiger partial charge < -0.3 is 21.5 Å². The Morgan fingerprint density at radius 1 is 1.38 bits per heavy atom. The Bertz CT molecular complexity index is 768. The second-order valence-electron chi connectivity index (χ2n) is 4.68. The van der Waals surface area contributed by atoms with E-state index in [9.17, 15) is 9.59 Å². The first kappa shape index (κ1) is 17.4. The topological polar surface area (TPSA) is 133 Å². The molecule has 2 aromatic rings. The number of nitrogens with two attached hydrogens (primary N) is 2. The fraction of sp³-hybridized carbons (Fsp3) is 0.200. The van der Waals surface area contributed by atoms with E-state index in [0.29, 0.717) is 22.1 Å². The largest absolute Gasteiger partial charge is 0.462 e. The number of aliphatic imine (C=N–C) groups is 1. The van der Waals surface area contributed by atoms with Crippen molar-refractivity contribution >= 4 is 40.0 Å². The molecule has 0 fully saturated rings. The number of benzene rings is 1. The van der Waals surface area contributed by atoms with Crippen LogP contribution in [0.3, 0.4) is 0 Å². The van der Waals surface area contributed by atoms with Crippen LogP contribution < -0.4 is 16.8 Å². The zero-order chi connectivity index (χ0) is 17.5. The maximum Gasteiger partial charge on any atom is 0.338 e. The smallest absolute Gasteiger partial charge is 0.338 e. The van der Waals surface area contributed by atoms with E-state index in [1.807, 2.05) is 0 Å². The van der Waals surface area contributed by atoms with Crippen LogP contribution in [-0.4, -0.2) is 29.4 Å². The summed E-state index contributed by atoms with van der Waals surface area (Å²) < 4.78 is 4.92. The van der Waals surface area contributed by atoms with Gasteiger partial charge in [0.15, 0.2) is 5.96 Å². The third-order valence-electron chi connectivity index (χ3n) is 2.76. The molecule has 126 valence electrons. The number of thiazole rings is 1. The van der Waals surface area contributed by atoms with Gasteiger partial charge in [0.2, 0.25) is 11.0 Å². The number of amides is 1. The molecule has 1 aromatic heterocycles. The number of aromatic nitrogens is 1. The zero-order valence-corrected chi connectivity index (χ0v) is 13.8. The van der Waals surface area contributed by atoms with Crippen LogP contribution in [0.5, 0.6) is 0 Å². The number of guanidine groups is 1. The maximum absolute atomic E-state index is 12.1. The highest BCUT2D eigenvalue weighted by molar-refractivity contribution is 7.13. The maximum atomic E-state index is 12.1. The van der Waals surface area contributed by atoms with Gasteiger partial charge in [-0.3, -0.25) is 4.79 Å². The van der Waals surface area contributed by atoms with E-state index in [4.69, 9.17) is 16.2 Å². The van der Waals surface area contributed by atoms with Crippen LogP contribution in [0, 0.1) is 0 Å². The first-order valence-electron chi connectivity index (χ1n) is 7.09. The lowest BCUT2D eigenvalue weighted by atomic mass is 10.2. The van der Waals surface area contributed by atoms with Crippen LogP contribution in [-0.2, 0) is 16.0 Å². The average molecular weight is 347 g/mol. The van der Waals surface area contributed by atoms with Gasteiger partial charge in [-0.25, -0.2) is 9.78 Å². The van der Waals surface area contributed by atoms with Crippen molar-refractivity contribution in [3.05, 3.63) is 40.9 Å². The number of anilines is 1. The van der Waals surface area contributed by atoms with E-state index in [2.05, 4.69) is 15.3 Å². The summed E-state index contributed by atoms with van der Waals surface area (Å²) in [6.07, 6.45) is 0.0696. The van der Waals surface area contributed by atoms with Crippen molar-refractivity contribution in [1.82, 2.24) is 4.98 Å². The van der Waals surface area contributed by atoms with Crippen LogP contribution in [0.25, 0.3) is 0 Å². The van der Waals surface area contributed by atoms with Gasteiger partial charge in [-0.2, -0.15) is 4.99 Å². The monoisotopic (exact) mass is 347 g/mol. The number of ether oxygens (including phenoxy) is 1. The van der Waals surface area contributed by atoms with Crippen LogP contribution in [0.2, 0.25) is 0 Å². The molecule has 24 heavy (non-hydrogen) atoms. The number of carbonyl (C=O) groups excluding carboxylic acids is 2. The molecule has 0 spiro atoms. The second-order valence-corrected chi connectivity index (χ2v) is 5.52. The SMILES string of the molecule is CCOC(=O)c1cccc(NC(=O)Cc2csc(N=C(N)N)n2)c1. The lowest BCUT2D eigenvalue weighted by molar-refractivity contribution is -0.115. The number of esters is 1. The van der Waals surface area contributed by atoms with Gasteiger partial charge in [0, 0.05) is 11.1 Å². The summed E-state index contributed by atoms with van der Waals surface area (Å²) in [4.78, 5) is 31.7. The number of carbonyl (C=O) groups is 2. The van der Waals surface area contributed by atoms with Gasteiger partial charge in [-0.15, -0.1) is 11.3 Å². The highest BCUT2D eigenvalue weighted by Gasteiger charge is 2.10. The van der Waals surface area contributed by atoms with Crippen LogP contribution in [0.1, 0.15) is 23.0 Å². The molecule has 0 aliphatic rings. The molecule has 1 aromatic carbocycles. The lowest BCUT2D eigenvalue weighted by Crippen LogP contribution is -2.21. The van der Waals surface area contributed by atoms with Crippen molar-refractivity contribution < 1.29 is 14.3 Å². The van der Waals surface area contributed by atoms with Crippen LogP contribution in [0.15, 0.2) is 34.6 Å². The first-order valence-corrected chi connectivity index (χ1v) is 7.97. The van der Waals surface area contributed by atoms with Crippen LogP contribution in [0.4, 0.5) is 10.8 Å². The fourth-order valence-electron chi connectivity index (χ4n) is 1.85. The molecule has 9 heteroatoms. The summed E-state index contributed by atoms with van der Waals surface area (Å²) in [7, 11) is 0. The number of nitrogens with one attached hydrogen (secondary N) is 1. The molecule has 5 N–H and O–H groups in total. The predicted molar refractivity (Wildman–Crippen MR) is 92.3 cm³/mol. The molecular weight excluding hydrogens is 330 g/mol. The van der Waals surface area contributed by atoms with E-state index >= 15 is 0 Å². The predicted octanol–water partition coefficient (Wildman–Crippen LogP) is 1.41. The molecule has 0 atom stereocenters. The number of nitrogens with zero attached hydrogens (tertiary/aromatic N) is 2. The lowest BCUT2D eigenvalue weighted by Gasteiger charge is -2.06. The van der Waals surface area contributed by atoms with Crippen molar-refractivity contribution in [3.8, 4) is 0 Å². The quantitative estimate of drug-likeness (QED) is 0.411. The summed E-state index contributed by atoms with van der Waals surface area (Å²) in [5.74, 6) is -0.788. The number of rotatable bonds is 6. The number of hydrogen-bond acceptors (Lipinski definition) is 6. The van der Waals surface area contributed by atoms with Gasteiger partial charge in [-0.1, -0.05) is 6.07 Å². The third kappa shape index (κ3) is 5.06. The Balaban J connectivity index is 1.99. The van der Waals surface area contributed by atoms with Crippen molar-refractivity contribution in [2.45, 2.75) is 13.3 Å². The van der Waals surface area contributed by atoms with E-state index in [1.165, 1.54) is 11.3 Å². The van der Waals surface area contributed by atoms with E-state index in [1.54, 1.807) is 36.6 Å². The van der Waals surface area contributed by atoms with Gasteiger partial charge >= 0.3 is 5.97 Å². The minimum Gasteiger partial charge on any atom is -0.462 e. The zero-order valence-electron chi connectivity index (χ0n) is 13.0. The Morgan fingerprint density at radius 3 is 2.88 bits per heavy atom. The molecule has 0 saturated heterocycles. The summed E-state index contributed by atoms with van der Waals surface area (Å²) in [6.45, 7) is 2.02. The highest BCUT2D eigenvalue weighted by Crippen LogP contribution is 2.19. The molecule has 0 saturated carbocycles. The molecular formula is C15H17N5O3S. The Kier molecular flexibility index (Phi) is 5.85. The molecule has 0 aliphatic heterocycles. The molecule has 8 nitrogen and oxygen atoms in total. The Hall–Kier alpha value is -2.94. The molecule has 0 unspecified atom stereocenters. The van der Waals surface area contributed by atoms with Crippen LogP contribution >= 0.6 is 11.3 Å². The van der Waals surface area contributed by atoms with Gasteiger partial charge in [0.25, 0.3) is 0 Å². The van der Waals surface area contributed by atoms with E-state index in [-0.39, 0.29) is 24.9 Å². The molecule has 0 bridgehead atoms. The van der Waals surface area contributed by atoms with Crippen molar-refractivity contribution in [2.75, 3.05) is 11.9 Å². The molecule has 0 aliphatic carbocycles. The van der Waals surface area contributed by atoms with E-state index in [0.717, 1.165) is 0 Å². The standard InChI is InChI=1S/C15H17N5O3S/c1-2-23-13(22)9-4-3-5-10(6-9)18-12(21)7-11-8-24-15(19-11)20-14(16)17/h3-6,8H,2,7H2,1H3,(H,18,21)(H4,16,17,19,20). The minimum atomic E-state index is -0.435. The summed E-state index contributed by atoms with van der Waals surface area (Å²) in [6, 6.07) is 6.53. The van der Waals surface area contributed by atoms with Gasteiger partial charge in [0.05, 0.1) is 24.3 Å². The Labute approximate surface area is 142 Å². The highest BCUT2D eigenvalue weighted by atomic mass is 32.1. The van der Waals surface area contributed by atoms with Gasteiger partial charge in [0.1, 0.15) is 0 Å². The van der Waals surface area contributed by atoms with Gasteiger partial charge in [-0.05, 0) is 25.1 Å². The average Bonchev–Trinajstić information content (AvgIpc) is 2.93. The van der Waals surface area contributed by atoms with Crippen molar-refractivity contribution in [2.24, 2.45) is 16.5 Å². The normalized spacial score (nSPS) is 10.0. The Morgan fingerprint density at radius 2 is 2.17 bits per heavy atom.